The Hall–Kier alpha value is -3.36. The van der Waals surface area contributed by atoms with Crippen LogP contribution in [-0.4, -0.2) is 60.5 Å². The molecule has 9 heteroatoms. The normalized spacial score (nSPS) is 11.7. The molecule has 31 heavy (non-hydrogen) atoms. The van der Waals surface area contributed by atoms with Crippen LogP contribution < -0.4 is 15.6 Å². The van der Waals surface area contributed by atoms with E-state index in [0.717, 1.165) is 5.56 Å². The Morgan fingerprint density at radius 2 is 1.84 bits per heavy atom. The van der Waals surface area contributed by atoms with E-state index in [2.05, 4.69) is 10.4 Å². The van der Waals surface area contributed by atoms with Crippen molar-refractivity contribution in [2.24, 2.45) is 13.0 Å². The second kappa shape index (κ2) is 10.6. The molecular weight excluding hydrogens is 400 g/mol. The van der Waals surface area contributed by atoms with Gasteiger partial charge in [0.1, 0.15) is 6.04 Å². The smallest absolute Gasteiger partial charge is 0.328 e. The molecular formula is C22H30N4O5. The van der Waals surface area contributed by atoms with Crippen molar-refractivity contribution in [3.8, 4) is 16.9 Å². The lowest BCUT2D eigenvalue weighted by molar-refractivity contribution is -0.142. The Bertz CT molecular complexity index is 969. The molecule has 0 saturated carbocycles. The maximum atomic E-state index is 12.5. The number of urea groups is 1. The Morgan fingerprint density at radius 3 is 2.39 bits per heavy atom. The van der Waals surface area contributed by atoms with E-state index < -0.39 is 12.0 Å². The van der Waals surface area contributed by atoms with Gasteiger partial charge in [0.2, 0.25) is 0 Å². The van der Waals surface area contributed by atoms with Crippen LogP contribution >= 0.6 is 0 Å². The van der Waals surface area contributed by atoms with Gasteiger partial charge < -0.3 is 19.7 Å². The number of esters is 1. The summed E-state index contributed by atoms with van der Waals surface area (Å²) in [6.45, 7) is 4.58. The number of methoxy groups -OCH3 is 2. The first-order valence-electron chi connectivity index (χ1n) is 9.97. The van der Waals surface area contributed by atoms with Crippen LogP contribution in [0.15, 0.2) is 35.3 Å². The van der Waals surface area contributed by atoms with Gasteiger partial charge in [-0.1, -0.05) is 38.1 Å². The number of hydrogen-bond acceptors (Lipinski definition) is 6. The molecule has 1 aromatic heterocycles. The Morgan fingerprint density at radius 1 is 1.19 bits per heavy atom. The zero-order chi connectivity index (χ0) is 23.1. The van der Waals surface area contributed by atoms with Gasteiger partial charge in [0.05, 0.1) is 26.0 Å². The number of amides is 2. The number of carbonyl (C=O) groups is 2. The summed E-state index contributed by atoms with van der Waals surface area (Å²) in [6, 6.07) is 5.97. The number of benzene rings is 1. The Labute approximate surface area is 182 Å². The van der Waals surface area contributed by atoms with Gasteiger partial charge in [-0.05, 0) is 17.0 Å². The van der Waals surface area contributed by atoms with Crippen molar-refractivity contribution < 1.29 is 19.1 Å². The third-order valence-corrected chi connectivity index (χ3v) is 4.77. The number of carbonyl (C=O) groups excluding carboxylic acids is 2. The number of nitrogens with zero attached hydrogens (tertiary/aromatic N) is 3. The summed E-state index contributed by atoms with van der Waals surface area (Å²) in [4.78, 5) is 38.7. The Balaban J connectivity index is 2.23. The highest BCUT2D eigenvalue weighted by atomic mass is 16.5. The number of hydrogen-bond donors (Lipinski definition) is 1. The topological polar surface area (TPSA) is 103 Å². The molecule has 0 aliphatic rings. The molecule has 0 aliphatic heterocycles. The van der Waals surface area contributed by atoms with Crippen LogP contribution in [0.4, 0.5) is 4.79 Å². The van der Waals surface area contributed by atoms with Crippen molar-refractivity contribution in [2.75, 3.05) is 27.8 Å². The van der Waals surface area contributed by atoms with Gasteiger partial charge in [-0.2, -0.15) is 5.10 Å². The molecule has 2 rings (SSSR count). The average Bonchev–Trinajstić information content (AvgIpc) is 2.74. The molecule has 2 aromatic rings. The van der Waals surface area contributed by atoms with E-state index in [1.165, 1.54) is 30.0 Å². The number of aromatic nitrogens is 2. The lowest BCUT2D eigenvalue weighted by Gasteiger charge is -2.23. The Kier molecular flexibility index (Phi) is 8.18. The third-order valence-electron chi connectivity index (χ3n) is 4.77. The molecule has 168 valence electrons. The van der Waals surface area contributed by atoms with Crippen molar-refractivity contribution in [3.05, 3.63) is 46.4 Å². The van der Waals surface area contributed by atoms with Crippen LogP contribution in [0.25, 0.3) is 11.1 Å². The quantitative estimate of drug-likeness (QED) is 0.641. The summed E-state index contributed by atoms with van der Waals surface area (Å²) in [5.41, 5.74) is 1.59. The molecule has 0 fully saturated rings. The SMILES string of the molecule is COC(=O)[C@H](Cc1ccc(-c2c(OC)cnn(C)c2=O)cc1)NC(=O)N(C)CC(C)C. The van der Waals surface area contributed by atoms with Crippen molar-refractivity contribution >= 4 is 12.0 Å². The molecule has 0 saturated heterocycles. The van der Waals surface area contributed by atoms with E-state index in [9.17, 15) is 14.4 Å². The van der Waals surface area contributed by atoms with E-state index in [1.54, 1.807) is 38.4 Å². The van der Waals surface area contributed by atoms with E-state index in [0.29, 0.717) is 29.3 Å². The van der Waals surface area contributed by atoms with Gasteiger partial charge >= 0.3 is 12.0 Å². The summed E-state index contributed by atoms with van der Waals surface area (Å²) < 4.78 is 11.4. The third kappa shape index (κ3) is 6.07. The first-order valence-corrected chi connectivity index (χ1v) is 9.97. The van der Waals surface area contributed by atoms with Crippen LogP contribution in [-0.2, 0) is 23.0 Å². The van der Waals surface area contributed by atoms with Crippen LogP contribution in [0.1, 0.15) is 19.4 Å². The molecule has 1 atom stereocenters. The number of nitrogens with one attached hydrogen (secondary N) is 1. The van der Waals surface area contributed by atoms with Crippen molar-refractivity contribution in [2.45, 2.75) is 26.3 Å². The maximum Gasteiger partial charge on any atom is 0.328 e. The fraction of sp³-hybridized carbons (Fsp3) is 0.455. The second-order valence-corrected chi connectivity index (χ2v) is 7.72. The number of ether oxygens (including phenoxy) is 2. The first kappa shape index (κ1) is 23.9. The largest absolute Gasteiger partial charge is 0.494 e. The molecule has 1 heterocycles. The predicted molar refractivity (Wildman–Crippen MR) is 117 cm³/mol. The standard InChI is InChI=1S/C22H30N4O5/c1-14(2)13-25(3)22(29)24-17(21(28)31-6)11-15-7-9-16(10-8-15)19-18(30-5)12-23-26(4)20(19)27/h7-10,12,14,17H,11,13H2,1-6H3,(H,24,29)/t17-/m0/s1. The van der Waals surface area contributed by atoms with Gasteiger partial charge in [0, 0.05) is 27.1 Å². The predicted octanol–water partition coefficient (Wildman–Crippen LogP) is 1.84. The first-order chi connectivity index (χ1) is 14.7. The fourth-order valence-corrected chi connectivity index (χ4v) is 3.21. The van der Waals surface area contributed by atoms with Crippen molar-refractivity contribution in [1.82, 2.24) is 20.0 Å². The highest BCUT2D eigenvalue weighted by Crippen LogP contribution is 2.25. The summed E-state index contributed by atoms with van der Waals surface area (Å²) in [5, 5.41) is 6.70. The van der Waals surface area contributed by atoms with Gasteiger partial charge in [0.25, 0.3) is 5.56 Å². The van der Waals surface area contributed by atoms with E-state index in [-0.39, 0.29) is 18.0 Å². The van der Waals surface area contributed by atoms with Gasteiger partial charge in [0.15, 0.2) is 5.75 Å². The summed E-state index contributed by atoms with van der Waals surface area (Å²) in [6.07, 6.45) is 1.74. The molecule has 0 aliphatic carbocycles. The van der Waals surface area contributed by atoms with E-state index in [4.69, 9.17) is 9.47 Å². The molecule has 0 bridgehead atoms. The molecule has 9 nitrogen and oxygen atoms in total. The highest BCUT2D eigenvalue weighted by molar-refractivity contribution is 5.83. The molecule has 1 aromatic carbocycles. The molecule has 0 unspecified atom stereocenters. The molecule has 0 radical (unpaired) electrons. The average molecular weight is 431 g/mol. The van der Waals surface area contributed by atoms with Gasteiger partial charge in [-0.15, -0.1) is 0 Å². The van der Waals surface area contributed by atoms with Gasteiger partial charge in [-0.25, -0.2) is 14.3 Å². The number of aryl methyl sites for hydroxylation is 1. The lowest BCUT2D eigenvalue weighted by Crippen LogP contribution is -2.48. The maximum absolute atomic E-state index is 12.5. The van der Waals surface area contributed by atoms with E-state index in [1.807, 2.05) is 13.8 Å². The summed E-state index contributed by atoms with van der Waals surface area (Å²) in [7, 11) is 6.02. The minimum absolute atomic E-state index is 0.250. The zero-order valence-electron chi connectivity index (χ0n) is 18.8. The lowest BCUT2D eigenvalue weighted by atomic mass is 10.0. The fourth-order valence-electron chi connectivity index (χ4n) is 3.21. The second-order valence-electron chi connectivity index (χ2n) is 7.72. The van der Waals surface area contributed by atoms with Crippen LogP contribution in [0, 0.1) is 5.92 Å². The van der Waals surface area contributed by atoms with Gasteiger partial charge in [-0.3, -0.25) is 4.79 Å². The van der Waals surface area contributed by atoms with Crippen LogP contribution in [0.5, 0.6) is 5.75 Å². The van der Waals surface area contributed by atoms with Crippen LogP contribution in [0.2, 0.25) is 0 Å². The van der Waals surface area contributed by atoms with E-state index >= 15 is 0 Å². The highest BCUT2D eigenvalue weighted by Gasteiger charge is 2.24. The molecule has 1 N–H and O–H groups in total. The van der Waals surface area contributed by atoms with Crippen molar-refractivity contribution in [1.29, 1.82) is 0 Å². The molecule has 0 spiro atoms. The minimum atomic E-state index is -0.832. The molecule has 2 amide bonds. The number of rotatable bonds is 8. The monoisotopic (exact) mass is 430 g/mol. The minimum Gasteiger partial charge on any atom is -0.494 e. The van der Waals surface area contributed by atoms with Crippen LogP contribution in [0.3, 0.4) is 0 Å². The summed E-state index contributed by atoms with van der Waals surface area (Å²) in [5.74, 6) is 0.154. The van der Waals surface area contributed by atoms with Crippen molar-refractivity contribution in [3.63, 3.8) is 0 Å². The summed E-state index contributed by atoms with van der Waals surface area (Å²) >= 11 is 0. The zero-order valence-corrected chi connectivity index (χ0v) is 18.8.